The molecule has 0 atom stereocenters. The van der Waals surface area contributed by atoms with Gasteiger partial charge in [-0.2, -0.15) is 0 Å². The number of nitrogens with one attached hydrogen (secondary N) is 1. The number of hydrogen-bond donors (Lipinski definition) is 2. The lowest BCUT2D eigenvalue weighted by molar-refractivity contribution is 0.102. The number of aromatic nitrogens is 2. The number of aryl methyl sites for hydroxylation is 2. The van der Waals surface area contributed by atoms with Gasteiger partial charge in [0.1, 0.15) is 0 Å². The van der Waals surface area contributed by atoms with Crippen molar-refractivity contribution in [1.29, 1.82) is 0 Å². The van der Waals surface area contributed by atoms with Crippen LogP contribution >= 0.6 is 12.4 Å². The van der Waals surface area contributed by atoms with Gasteiger partial charge in [-0.3, -0.25) is 4.79 Å². The summed E-state index contributed by atoms with van der Waals surface area (Å²) in [7, 11) is 0. The van der Waals surface area contributed by atoms with Gasteiger partial charge in [-0.1, -0.05) is 96.6 Å². The Hall–Kier alpha value is -2.53. The molecule has 3 rings (SSSR count). The first kappa shape index (κ1) is 30.7. The maximum absolute atomic E-state index is 12.7. The van der Waals surface area contributed by atoms with Crippen molar-refractivity contribution in [2.75, 3.05) is 11.1 Å². The molecule has 6 heteroatoms. The number of nitrogens with two attached hydrogens (primary N) is 1. The van der Waals surface area contributed by atoms with Crippen LogP contribution in [-0.2, 0) is 13.0 Å². The number of amides is 1. The Kier molecular flexibility index (Phi) is 14.2. The molecule has 0 aliphatic carbocycles. The molecule has 0 saturated heterocycles. The zero-order valence-corrected chi connectivity index (χ0v) is 23.8. The number of benzene rings is 2. The summed E-state index contributed by atoms with van der Waals surface area (Å²) in [6, 6.07) is 13.8. The van der Waals surface area contributed by atoms with Crippen LogP contribution in [0.15, 0.2) is 42.5 Å². The van der Waals surface area contributed by atoms with Crippen LogP contribution < -0.4 is 11.1 Å². The molecule has 1 aromatic heterocycles. The van der Waals surface area contributed by atoms with E-state index < -0.39 is 0 Å². The number of anilines is 2. The second-order valence-electron chi connectivity index (χ2n) is 10.1. The standard InChI is InChI=1S/C31H46N4O.ClH/c1-3-5-7-8-9-10-11-12-13-15-23-35-29-22-21-27(24-28(29)34-31(35)32)33-30(36)26-19-17-25(18-20-26)16-14-6-4-2;/h17-22,24H,3-16,23H2,1-2H3,(H2,32,34)(H,33,36);1H. The van der Waals surface area contributed by atoms with Gasteiger partial charge in [-0.05, 0) is 55.2 Å². The summed E-state index contributed by atoms with van der Waals surface area (Å²) in [5.41, 5.74) is 10.8. The minimum atomic E-state index is -0.104. The fraction of sp³-hybridized carbons (Fsp3) is 0.548. The molecule has 0 saturated carbocycles. The highest BCUT2D eigenvalue weighted by Crippen LogP contribution is 2.23. The van der Waals surface area contributed by atoms with E-state index in [9.17, 15) is 4.79 Å². The number of hydrogen-bond acceptors (Lipinski definition) is 3. The number of nitrogens with zero attached hydrogens (tertiary/aromatic N) is 2. The zero-order chi connectivity index (χ0) is 25.6. The number of unbranched alkanes of at least 4 members (excludes halogenated alkanes) is 11. The maximum Gasteiger partial charge on any atom is 0.255 e. The van der Waals surface area contributed by atoms with Gasteiger partial charge >= 0.3 is 0 Å². The molecule has 2 aromatic carbocycles. The number of carbonyl (C=O) groups is 1. The van der Waals surface area contributed by atoms with E-state index >= 15 is 0 Å². The summed E-state index contributed by atoms with van der Waals surface area (Å²) in [6.07, 6.45) is 17.9. The number of fused-ring (bicyclic) bond motifs is 1. The van der Waals surface area contributed by atoms with E-state index in [-0.39, 0.29) is 18.3 Å². The first-order valence-corrected chi connectivity index (χ1v) is 14.3. The molecule has 1 heterocycles. The molecule has 37 heavy (non-hydrogen) atoms. The van der Waals surface area contributed by atoms with Crippen LogP contribution in [0, 0.1) is 0 Å². The second-order valence-corrected chi connectivity index (χ2v) is 10.1. The molecular weight excluding hydrogens is 480 g/mol. The lowest BCUT2D eigenvalue weighted by atomic mass is 10.1. The lowest BCUT2D eigenvalue weighted by Gasteiger charge is -2.08. The molecule has 0 bridgehead atoms. The van der Waals surface area contributed by atoms with Crippen molar-refractivity contribution in [2.24, 2.45) is 0 Å². The number of imidazole rings is 1. The van der Waals surface area contributed by atoms with Crippen LogP contribution in [0.1, 0.15) is 113 Å². The van der Waals surface area contributed by atoms with Crippen molar-refractivity contribution >= 4 is 41.0 Å². The van der Waals surface area contributed by atoms with E-state index in [2.05, 4.69) is 40.8 Å². The van der Waals surface area contributed by atoms with E-state index in [1.54, 1.807) is 0 Å². The number of carbonyl (C=O) groups excluding carboxylic acids is 1. The molecule has 1 amide bonds. The van der Waals surface area contributed by atoms with Crippen LogP contribution in [0.25, 0.3) is 11.0 Å². The highest BCUT2D eigenvalue weighted by atomic mass is 35.5. The smallest absolute Gasteiger partial charge is 0.255 e. The SMILES string of the molecule is CCCCCCCCCCCCn1c(N)nc2cc(NC(=O)c3ccc(CCCCC)cc3)ccc21.Cl. The van der Waals surface area contributed by atoms with E-state index in [0.717, 1.165) is 36.1 Å². The van der Waals surface area contributed by atoms with Crippen molar-refractivity contribution in [2.45, 2.75) is 110 Å². The molecule has 3 aromatic rings. The van der Waals surface area contributed by atoms with Gasteiger partial charge in [-0.25, -0.2) is 4.98 Å². The summed E-state index contributed by atoms with van der Waals surface area (Å²) in [5, 5.41) is 3.01. The Morgan fingerprint density at radius 2 is 1.41 bits per heavy atom. The molecule has 3 N–H and O–H groups in total. The van der Waals surface area contributed by atoms with Gasteiger partial charge in [0.2, 0.25) is 5.95 Å². The van der Waals surface area contributed by atoms with Gasteiger partial charge < -0.3 is 15.6 Å². The summed E-state index contributed by atoms with van der Waals surface area (Å²) in [5.74, 6) is 0.440. The van der Waals surface area contributed by atoms with E-state index in [0.29, 0.717) is 11.5 Å². The molecule has 0 spiro atoms. The molecule has 0 fully saturated rings. The van der Waals surface area contributed by atoms with Gasteiger partial charge in [0.05, 0.1) is 11.0 Å². The molecule has 204 valence electrons. The average Bonchev–Trinajstić information content (AvgIpc) is 3.19. The molecule has 0 aliphatic rings. The van der Waals surface area contributed by atoms with Gasteiger partial charge in [0.25, 0.3) is 5.91 Å². The highest BCUT2D eigenvalue weighted by molar-refractivity contribution is 6.05. The van der Waals surface area contributed by atoms with Crippen LogP contribution in [0.2, 0.25) is 0 Å². The van der Waals surface area contributed by atoms with E-state index in [4.69, 9.17) is 5.73 Å². The Labute approximate surface area is 230 Å². The predicted molar refractivity (Wildman–Crippen MR) is 161 cm³/mol. The first-order valence-electron chi connectivity index (χ1n) is 14.3. The average molecular weight is 527 g/mol. The third kappa shape index (κ3) is 10.0. The van der Waals surface area contributed by atoms with Crippen LogP contribution in [-0.4, -0.2) is 15.5 Å². The first-order chi connectivity index (χ1) is 17.6. The maximum atomic E-state index is 12.7. The topological polar surface area (TPSA) is 72.9 Å². The monoisotopic (exact) mass is 526 g/mol. The number of halogens is 1. The van der Waals surface area contributed by atoms with E-state index in [1.165, 1.54) is 82.6 Å². The molecular formula is C31H47ClN4O. The Balaban J connectivity index is 0.00000481. The molecule has 0 unspecified atom stereocenters. The fourth-order valence-corrected chi connectivity index (χ4v) is 4.82. The van der Waals surface area contributed by atoms with Crippen molar-refractivity contribution in [1.82, 2.24) is 9.55 Å². The Bertz CT molecular complexity index is 1060. The third-order valence-corrected chi connectivity index (χ3v) is 7.06. The molecule has 5 nitrogen and oxygen atoms in total. The fourth-order valence-electron chi connectivity index (χ4n) is 4.82. The summed E-state index contributed by atoms with van der Waals surface area (Å²) >= 11 is 0. The van der Waals surface area contributed by atoms with Crippen LogP contribution in [0.3, 0.4) is 0 Å². The van der Waals surface area contributed by atoms with Gasteiger partial charge in [0, 0.05) is 17.8 Å². The normalized spacial score (nSPS) is 11.0. The highest BCUT2D eigenvalue weighted by Gasteiger charge is 2.11. The van der Waals surface area contributed by atoms with Crippen molar-refractivity contribution in [3.05, 3.63) is 53.6 Å². The van der Waals surface area contributed by atoms with Crippen molar-refractivity contribution in [3.63, 3.8) is 0 Å². The molecule has 0 radical (unpaired) electrons. The van der Waals surface area contributed by atoms with E-state index in [1.807, 2.05) is 30.3 Å². The minimum absolute atomic E-state index is 0. The largest absolute Gasteiger partial charge is 0.369 e. The summed E-state index contributed by atoms with van der Waals surface area (Å²) in [4.78, 5) is 17.3. The van der Waals surface area contributed by atoms with Gasteiger partial charge in [0.15, 0.2) is 0 Å². The number of rotatable bonds is 17. The minimum Gasteiger partial charge on any atom is -0.369 e. The molecule has 0 aliphatic heterocycles. The Morgan fingerprint density at radius 1 is 0.811 bits per heavy atom. The quantitative estimate of drug-likeness (QED) is 0.172. The summed E-state index contributed by atoms with van der Waals surface area (Å²) < 4.78 is 2.10. The number of nitrogen functional groups attached to an aromatic ring is 1. The van der Waals surface area contributed by atoms with Gasteiger partial charge in [-0.15, -0.1) is 12.4 Å². The lowest BCUT2D eigenvalue weighted by Crippen LogP contribution is -2.11. The van der Waals surface area contributed by atoms with Crippen LogP contribution in [0.5, 0.6) is 0 Å². The van der Waals surface area contributed by atoms with Crippen molar-refractivity contribution < 1.29 is 4.79 Å². The summed E-state index contributed by atoms with van der Waals surface area (Å²) in [6.45, 7) is 5.36. The third-order valence-electron chi connectivity index (χ3n) is 7.06. The Morgan fingerprint density at radius 3 is 2.05 bits per heavy atom. The predicted octanol–water partition coefficient (Wildman–Crippen LogP) is 8.95. The van der Waals surface area contributed by atoms with Crippen molar-refractivity contribution in [3.8, 4) is 0 Å². The zero-order valence-electron chi connectivity index (χ0n) is 22.9. The second kappa shape index (κ2) is 17.1. The van der Waals surface area contributed by atoms with Crippen LogP contribution in [0.4, 0.5) is 11.6 Å².